The van der Waals surface area contributed by atoms with Gasteiger partial charge in [-0.05, 0) is 5.56 Å². The summed E-state index contributed by atoms with van der Waals surface area (Å²) in [5.41, 5.74) is 0.910. The molecule has 1 aromatic carbocycles. The molecule has 210 valence electrons. The van der Waals surface area contributed by atoms with Crippen LogP contribution in [-0.4, -0.2) is 117 Å². The topological polar surface area (TPSA) is 174 Å². The maximum atomic E-state index is 11.6. The van der Waals surface area contributed by atoms with Crippen molar-refractivity contribution in [1.82, 2.24) is 10.6 Å². The summed E-state index contributed by atoms with van der Waals surface area (Å²) in [4.78, 5) is 23.0. The largest absolute Gasteiger partial charge is 0.445 e. The molecule has 0 aliphatic carbocycles. The molecule has 2 rings (SSSR count). The van der Waals surface area contributed by atoms with E-state index in [1.807, 2.05) is 30.3 Å². The van der Waals surface area contributed by atoms with Crippen molar-refractivity contribution < 1.29 is 53.3 Å². The van der Waals surface area contributed by atoms with Crippen LogP contribution in [0, 0.1) is 0 Å². The molecule has 1 aromatic rings. The van der Waals surface area contributed by atoms with Gasteiger partial charge in [0.25, 0.3) is 0 Å². The lowest BCUT2D eigenvalue weighted by Crippen LogP contribution is -2.64. The van der Waals surface area contributed by atoms with Crippen molar-refractivity contribution in [3.05, 3.63) is 35.9 Å². The van der Waals surface area contributed by atoms with Crippen LogP contribution in [0.5, 0.6) is 0 Å². The first-order valence-electron chi connectivity index (χ1n) is 12.1. The SMILES string of the molecule is CC(=O)N[C@H]1C(OCCOCCOCCOCCNC(=O)OCc2ccccc2)O[C@H](CO)[C@H](O)[C@@H]1O. The second-order valence-electron chi connectivity index (χ2n) is 8.13. The second-order valence-corrected chi connectivity index (χ2v) is 8.13. The zero-order valence-corrected chi connectivity index (χ0v) is 21.0. The van der Waals surface area contributed by atoms with E-state index in [0.29, 0.717) is 39.6 Å². The highest BCUT2D eigenvalue weighted by Crippen LogP contribution is 2.22. The van der Waals surface area contributed by atoms with E-state index >= 15 is 0 Å². The minimum absolute atomic E-state index is 0.0889. The summed E-state index contributed by atoms with van der Waals surface area (Å²) in [5.74, 6) is -0.425. The molecule has 0 spiro atoms. The zero-order valence-electron chi connectivity index (χ0n) is 21.0. The Morgan fingerprint density at radius 2 is 1.54 bits per heavy atom. The molecule has 1 aliphatic heterocycles. The van der Waals surface area contributed by atoms with Crippen LogP contribution < -0.4 is 10.6 Å². The molecule has 0 aromatic heterocycles. The Morgan fingerprint density at radius 1 is 0.919 bits per heavy atom. The average molecular weight is 531 g/mol. The highest BCUT2D eigenvalue weighted by atomic mass is 16.7. The highest BCUT2D eigenvalue weighted by molar-refractivity contribution is 5.73. The van der Waals surface area contributed by atoms with Gasteiger partial charge in [0.15, 0.2) is 6.29 Å². The summed E-state index contributed by atoms with van der Waals surface area (Å²) >= 11 is 0. The predicted molar refractivity (Wildman–Crippen MR) is 128 cm³/mol. The first-order chi connectivity index (χ1) is 17.9. The number of rotatable bonds is 17. The number of benzene rings is 1. The first-order valence-corrected chi connectivity index (χ1v) is 12.1. The molecule has 1 heterocycles. The van der Waals surface area contributed by atoms with Gasteiger partial charge in [-0.1, -0.05) is 30.3 Å². The molecule has 1 aliphatic rings. The second kappa shape index (κ2) is 18.0. The molecule has 13 nitrogen and oxygen atoms in total. The number of aliphatic hydroxyl groups excluding tert-OH is 3. The Balaban J connectivity index is 1.43. The van der Waals surface area contributed by atoms with E-state index in [0.717, 1.165) is 5.56 Å². The summed E-state index contributed by atoms with van der Waals surface area (Å²) in [6.45, 7) is 3.24. The molecule has 1 unspecified atom stereocenters. The van der Waals surface area contributed by atoms with Gasteiger partial charge in [0.2, 0.25) is 5.91 Å². The third-order valence-corrected chi connectivity index (χ3v) is 5.23. The lowest BCUT2D eigenvalue weighted by Gasteiger charge is -2.42. The van der Waals surface area contributed by atoms with E-state index in [1.165, 1.54) is 6.92 Å². The van der Waals surface area contributed by atoms with Crippen LogP contribution in [0.1, 0.15) is 12.5 Å². The molecule has 0 bridgehead atoms. The van der Waals surface area contributed by atoms with Crippen LogP contribution in [0.15, 0.2) is 30.3 Å². The van der Waals surface area contributed by atoms with Gasteiger partial charge in [-0.2, -0.15) is 0 Å². The maximum Gasteiger partial charge on any atom is 0.407 e. The number of amides is 2. The number of carbonyl (C=O) groups excluding carboxylic acids is 2. The van der Waals surface area contributed by atoms with Crippen LogP contribution >= 0.6 is 0 Å². The van der Waals surface area contributed by atoms with Crippen LogP contribution in [0.4, 0.5) is 4.79 Å². The van der Waals surface area contributed by atoms with E-state index in [1.54, 1.807) is 0 Å². The van der Waals surface area contributed by atoms with Crippen LogP contribution in [0.2, 0.25) is 0 Å². The fraction of sp³-hybridized carbons (Fsp3) is 0.667. The van der Waals surface area contributed by atoms with E-state index < -0.39 is 49.3 Å². The van der Waals surface area contributed by atoms with Gasteiger partial charge in [-0.15, -0.1) is 0 Å². The zero-order chi connectivity index (χ0) is 26.9. The number of carbonyl (C=O) groups is 2. The molecule has 5 N–H and O–H groups in total. The van der Waals surface area contributed by atoms with E-state index in [2.05, 4.69) is 10.6 Å². The number of aliphatic hydroxyl groups is 3. The number of hydrogen-bond acceptors (Lipinski definition) is 11. The van der Waals surface area contributed by atoms with Crippen molar-refractivity contribution in [1.29, 1.82) is 0 Å². The molecule has 1 fully saturated rings. The smallest absolute Gasteiger partial charge is 0.407 e. The summed E-state index contributed by atoms with van der Waals surface area (Å²) in [7, 11) is 0. The third-order valence-electron chi connectivity index (χ3n) is 5.23. The van der Waals surface area contributed by atoms with Gasteiger partial charge in [0.05, 0.1) is 52.9 Å². The molecular weight excluding hydrogens is 492 g/mol. The monoisotopic (exact) mass is 530 g/mol. The number of alkyl carbamates (subject to hydrolysis) is 1. The van der Waals surface area contributed by atoms with Crippen molar-refractivity contribution in [2.45, 2.75) is 44.2 Å². The Labute approximate surface area is 215 Å². The quantitative estimate of drug-likeness (QED) is 0.155. The van der Waals surface area contributed by atoms with Crippen molar-refractivity contribution in [2.75, 3.05) is 59.4 Å². The van der Waals surface area contributed by atoms with Crippen molar-refractivity contribution >= 4 is 12.0 Å². The molecule has 37 heavy (non-hydrogen) atoms. The Kier molecular flexibility index (Phi) is 15.0. The summed E-state index contributed by atoms with van der Waals surface area (Å²) in [6.07, 6.45) is -5.33. The Morgan fingerprint density at radius 3 is 2.16 bits per heavy atom. The number of ether oxygens (including phenoxy) is 6. The fourth-order valence-corrected chi connectivity index (χ4v) is 3.38. The molecule has 5 atom stereocenters. The van der Waals surface area contributed by atoms with E-state index in [9.17, 15) is 24.9 Å². The maximum absolute atomic E-state index is 11.6. The van der Waals surface area contributed by atoms with Crippen LogP contribution in [0.25, 0.3) is 0 Å². The van der Waals surface area contributed by atoms with Crippen LogP contribution in [0.3, 0.4) is 0 Å². The third kappa shape index (κ3) is 12.2. The fourth-order valence-electron chi connectivity index (χ4n) is 3.38. The van der Waals surface area contributed by atoms with E-state index in [-0.39, 0.29) is 19.8 Å². The molecule has 0 radical (unpaired) electrons. The minimum atomic E-state index is -1.36. The first kappa shape index (κ1) is 30.9. The van der Waals surface area contributed by atoms with Gasteiger partial charge < -0.3 is 54.4 Å². The van der Waals surface area contributed by atoms with Crippen molar-refractivity contribution in [3.63, 3.8) is 0 Å². The van der Waals surface area contributed by atoms with Gasteiger partial charge in [0, 0.05) is 13.5 Å². The van der Waals surface area contributed by atoms with Crippen molar-refractivity contribution in [2.24, 2.45) is 0 Å². The Hall–Kier alpha value is -2.36. The number of hydrogen-bond donors (Lipinski definition) is 5. The lowest BCUT2D eigenvalue weighted by molar-refractivity contribution is -0.272. The molecular formula is C24H38N2O11. The minimum Gasteiger partial charge on any atom is -0.445 e. The van der Waals surface area contributed by atoms with Gasteiger partial charge >= 0.3 is 6.09 Å². The van der Waals surface area contributed by atoms with Gasteiger partial charge in [-0.3, -0.25) is 4.79 Å². The standard InChI is InChI=1S/C24H38N2O11/c1-17(28)26-20-22(30)21(29)19(15-27)37-23(20)35-14-13-34-12-11-33-10-9-32-8-7-25-24(31)36-16-18-5-3-2-4-6-18/h2-6,19-23,27,29-30H,7-16H2,1H3,(H,25,31)(H,26,28)/t19-,20-,21+,22-,23?/m1/s1. The molecule has 1 saturated heterocycles. The molecule has 0 saturated carbocycles. The summed E-state index contributed by atoms with van der Waals surface area (Å²) in [5, 5.41) is 34.6. The predicted octanol–water partition coefficient (Wildman–Crippen LogP) is -1.08. The van der Waals surface area contributed by atoms with Crippen LogP contribution in [-0.2, 0) is 39.8 Å². The van der Waals surface area contributed by atoms with Gasteiger partial charge in [-0.25, -0.2) is 4.79 Å². The normalized spacial score (nSPS) is 23.4. The number of nitrogens with one attached hydrogen (secondary N) is 2. The summed E-state index contributed by atoms with van der Waals surface area (Å²) in [6, 6.07) is 8.40. The molecule has 13 heteroatoms. The Bertz CT molecular complexity index is 770. The highest BCUT2D eigenvalue weighted by Gasteiger charge is 2.45. The lowest BCUT2D eigenvalue weighted by atomic mass is 9.97. The summed E-state index contributed by atoms with van der Waals surface area (Å²) < 4.78 is 32.3. The molecule has 2 amide bonds. The van der Waals surface area contributed by atoms with E-state index in [4.69, 9.17) is 28.4 Å². The van der Waals surface area contributed by atoms with Crippen molar-refractivity contribution in [3.8, 4) is 0 Å². The average Bonchev–Trinajstić information content (AvgIpc) is 2.89. The van der Waals surface area contributed by atoms with Gasteiger partial charge in [0.1, 0.15) is 31.0 Å².